The summed E-state index contributed by atoms with van der Waals surface area (Å²) in [5.41, 5.74) is 0.816. The fourth-order valence-corrected chi connectivity index (χ4v) is 3.02. The van der Waals surface area contributed by atoms with Crippen molar-refractivity contribution in [2.75, 3.05) is 19.7 Å². The van der Waals surface area contributed by atoms with Gasteiger partial charge in [0.2, 0.25) is 5.91 Å². The summed E-state index contributed by atoms with van der Waals surface area (Å²) < 4.78 is 5.04. The fourth-order valence-electron chi connectivity index (χ4n) is 2.41. The number of aromatic nitrogens is 1. The molecule has 0 aromatic carbocycles. The SMILES string of the molecule is CCOC(=O)[C@H]1CCCN(C(=O)Cc2csc(C)n2)C1. The summed E-state index contributed by atoms with van der Waals surface area (Å²) in [4.78, 5) is 30.1. The zero-order chi connectivity index (χ0) is 14.5. The van der Waals surface area contributed by atoms with Crippen molar-refractivity contribution in [3.05, 3.63) is 16.1 Å². The third-order valence-corrected chi connectivity index (χ3v) is 4.22. The largest absolute Gasteiger partial charge is 0.466 e. The Hall–Kier alpha value is -1.43. The average Bonchev–Trinajstić information content (AvgIpc) is 2.84. The zero-order valence-corrected chi connectivity index (χ0v) is 12.7. The van der Waals surface area contributed by atoms with E-state index in [1.165, 1.54) is 0 Å². The molecule has 0 N–H and O–H groups in total. The van der Waals surface area contributed by atoms with Gasteiger partial charge in [-0.1, -0.05) is 0 Å². The molecule has 1 saturated heterocycles. The predicted molar refractivity (Wildman–Crippen MR) is 76.5 cm³/mol. The van der Waals surface area contributed by atoms with E-state index in [0.717, 1.165) is 30.1 Å². The van der Waals surface area contributed by atoms with Gasteiger partial charge in [0.1, 0.15) is 0 Å². The number of hydrogen-bond acceptors (Lipinski definition) is 5. The van der Waals surface area contributed by atoms with Crippen LogP contribution in [0.4, 0.5) is 0 Å². The number of rotatable bonds is 4. The molecular formula is C14H20N2O3S. The van der Waals surface area contributed by atoms with Gasteiger partial charge in [-0.25, -0.2) is 4.98 Å². The average molecular weight is 296 g/mol. The maximum Gasteiger partial charge on any atom is 0.310 e. The Morgan fingerprint density at radius 2 is 2.35 bits per heavy atom. The molecule has 0 spiro atoms. The van der Waals surface area contributed by atoms with E-state index in [-0.39, 0.29) is 17.8 Å². The molecule has 5 nitrogen and oxygen atoms in total. The van der Waals surface area contributed by atoms with Crippen molar-refractivity contribution in [2.24, 2.45) is 5.92 Å². The van der Waals surface area contributed by atoms with Crippen LogP contribution >= 0.6 is 11.3 Å². The third kappa shape index (κ3) is 3.79. The summed E-state index contributed by atoms with van der Waals surface area (Å²) in [5, 5.41) is 2.89. The lowest BCUT2D eigenvalue weighted by Crippen LogP contribution is -2.43. The molecule has 2 heterocycles. The quantitative estimate of drug-likeness (QED) is 0.795. The fraction of sp³-hybridized carbons (Fsp3) is 0.643. The van der Waals surface area contributed by atoms with E-state index in [4.69, 9.17) is 4.74 Å². The topological polar surface area (TPSA) is 59.5 Å². The van der Waals surface area contributed by atoms with Gasteiger partial charge in [0, 0.05) is 18.5 Å². The van der Waals surface area contributed by atoms with E-state index in [1.54, 1.807) is 23.2 Å². The molecule has 1 aromatic rings. The first-order valence-electron chi connectivity index (χ1n) is 6.95. The molecule has 1 aliphatic heterocycles. The van der Waals surface area contributed by atoms with Crippen LogP contribution in [0.1, 0.15) is 30.5 Å². The lowest BCUT2D eigenvalue weighted by molar-refractivity contribution is -0.151. The van der Waals surface area contributed by atoms with E-state index in [2.05, 4.69) is 4.98 Å². The maximum atomic E-state index is 12.2. The number of carbonyl (C=O) groups is 2. The predicted octanol–water partition coefficient (Wildman–Crippen LogP) is 1.80. The summed E-state index contributed by atoms with van der Waals surface area (Å²) >= 11 is 1.55. The second kappa shape index (κ2) is 6.83. The highest BCUT2D eigenvalue weighted by atomic mass is 32.1. The highest BCUT2D eigenvalue weighted by Gasteiger charge is 2.29. The second-order valence-corrected chi connectivity index (χ2v) is 6.03. The van der Waals surface area contributed by atoms with Crippen LogP contribution in [0.25, 0.3) is 0 Å². The van der Waals surface area contributed by atoms with Gasteiger partial charge in [-0.3, -0.25) is 9.59 Å². The van der Waals surface area contributed by atoms with E-state index < -0.39 is 0 Å². The Morgan fingerprint density at radius 1 is 1.55 bits per heavy atom. The maximum absolute atomic E-state index is 12.2. The van der Waals surface area contributed by atoms with Crippen LogP contribution in [0, 0.1) is 12.8 Å². The molecule has 0 unspecified atom stereocenters. The number of hydrogen-bond donors (Lipinski definition) is 0. The van der Waals surface area contributed by atoms with Gasteiger partial charge in [0.25, 0.3) is 0 Å². The highest BCUT2D eigenvalue weighted by molar-refractivity contribution is 7.09. The van der Waals surface area contributed by atoms with Crippen molar-refractivity contribution in [2.45, 2.75) is 33.1 Å². The Kier molecular flexibility index (Phi) is 5.11. The number of aryl methyl sites for hydroxylation is 1. The molecule has 0 radical (unpaired) electrons. The Morgan fingerprint density at radius 3 is 3.00 bits per heavy atom. The van der Waals surface area contributed by atoms with Crippen LogP contribution in [0.5, 0.6) is 0 Å². The molecule has 1 aliphatic rings. The smallest absolute Gasteiger partial charge is 0.310 e. The van der Waals surface area contributed by atoms with Gasteiger partial charge < -0.3 is 9.64 Å². The lowest BCUT2D eigenvalue weighted by atomic mass is 9.98. The summed E-state index contributed by atoms with van der Waals surface area (Å²) in [6.45, 7) is 5.31. The zero-order valence-electron chi connectivity index (χ0n) is 11.9. The summed E-state index contributed by atoms with van der Waals surface area (Å²) in [6.07, 6.45) is 1.98. The van der Waals surface area contributed by atoms with Crippen molar-refractivity contribution >= 4 is 23.2 Å². The molecule has 1 atom stereocenters. The van der Waals surface area contributed by atoms with Gasteiger partial charge in [-0.05, 0) is 26.7 Å². The number of piperidine rings is 1. The number of carbonyl (C=O) groups excluding carboxylic acids is 2. The van der Waals surface area contributed by atoms with Gasteiger partial charge >= 0.3 is 5.97 Å². The molecule has 0 saturated carbocycles. The van der Waals surface area contributed by atoms with Gasteiger partial charge in [-0.15, -0.1) is 11.3 Å². The number of nitrogens with zero attached hydrogens (tertiary/aromatic N) is 2. The van der Waals surface area contributed by atoms with Crippen molar-refractivity contribution in [3.63, 3.8) is 0 Å². The molecule has 20 heavy (non-hydrogen) atoms. The molecule has 1 aromatic heterocycles. The third-order valence-electron chi connectivity index (χ3n) is 3.39. The Balaban J connectivity index is 1.91. The van der Waals surface area contributed by atoms with Crippen LogP contribution in [-0.2, 0) is 20.7 Å². The summed E-state index contributed by atoms with van der Waals surface area (Å²) in [7, 11) is 0. The van der Waals surface area contributed by atoms with Crippen LogP contribution in [-0.4, -0.2) is 41.5 Å². The highest BCUT2D eigenvalue weighted by Crippen LogP contribution is 2.19. The first kappa shape index (κ1) is 15.0. The number of amides is 1. The summed E-state index contributed by atoms with van der Waals surface area (Å²) in [5.74, 6) is -0.316. The number of esters is 1. The minimum atomic E-state index is -0.186. The van der Waals surface area contributed by atoms with Crippen molar-refractivity contribution < 1.29 is 14.3 Å². The molecule has 1 amide bonds. The Labute approximate surface area is 122 Å². The molecule has 1 fully saturated rings. The normalized spacial score (nSPS) is 18.9. The molecule has 2 rings (SSSR count). The first-order valence-corrected chi connectivity index (χ1v) is 7.83. The van der Waals surface area contributed by atoms with Crippen molar-refractivity contribution in [1.82, 2.24) is 9.88 Å². The second-order valence-electron chi connectivity index (χ2n) is 4.97. The Bertz CT molecular complexity index is 487. The van der Waals surface area contributed by atoms with Crippen molar-refractivity contribution in [1.29, 1.82) is 0 Å². The van der Waals surface area contributed by atoms with Crippen LogP contribution < -0.4 is 0 Å². The van der Waals surface area contributed by atoms with Gasteiger partial charge in [0.05, 0.1) is 29.6 Å². The number of likely N-dealkylation sites (tertiary alicyclic amines) is 1. The molecule has 110 valence electrons. The van der Waals surface area contributed by atoms with Gasteiger partial charge in [-0.2, -0.15) is 0 Å². The minimum absolute atomic E-state index is 0.0456. The first-order chi connectivity index (χ1) is 9.60. The molecule has 0 aliphatic carbocycles. The monoisotopic (exact) mass is 296 g/mol. The van der Waals surface area contributed by atoms with E-state index >= 15 is 0 Å². The molecule has 6 heteroatoms. The van der Waals surface area contributed by atoms with Gasteiger partial charge in [0.15, 0.2) is 0 Å². The lowest BCUT2D eigenvalue weighted by Gasteiger charge is -2.31. The van der Waals surface area contributed by atoms with Crippen LogP contribution in [0.2, 0.25) is 0 Å². The number of ether oxygens (including phenoxy) is 1. The standard InChI is InChI=1S/C14H20N2O3S/c1-3-19-14(18)11-5-4-6-16(8-11)13(17)7-12-9-20-10(2)15-12/h9,11H,3-8H2,1-2H3/t11-/m0/s1. The number of thiazole rings is 1. The van der Waals surface area contributed by atoms with Crippen LogP contribution in [0.15, 0.2) is 5.38 Å². The summed E-state index contributed by atoms with van der Waals surface area (Å²) in [6, 6.07) is 0. The van der Waals surface area contributed by atoms with E-state index in [1.807, 2.05) is 12.3 Å². The molecule has 0 bridgehead atoms. The molecular weight excluding hydrogens is 276 g/mol. The van der Waals surface area contributed by atoms with Crippen LogP contribution in [0.3, 0.4) is 0 Å². The van der Waals surface area contributed by atoms with E-state index in [0.29, 0.717) is 19.6 Å². The minimum Gasteiger partial charge on any atom is -0.466 e. The van der Waals surface area contributed by atoms with E-state index in [9.17, 15) is 9.59 Å². The van der Waals surface area contributed by atoms with Crippen molar-refractivity contribution in [3.8, 4) is 0 Å².